The highest BCUT2D eigenvalue weighted by Crippen LogP contribution is 2.08. The van der Waals surface area contributed by atoms with Gasteiger partial charge in [0.15, 0.2) is 0 Å². The van der Waals surface area contributed by atoms with Gasteiger partial charge in [0.05, 0.1) is 12.8 Å². The minimum absolute atomic E-state index is 0.0976. The maximum absolute atomic E-state index is 11.8. The molecule has 0 saturated heterocycles. The van der Waals surface area contributed by atoms with Gasteiger partial charge in [0.1, 0.15) is 0 Å². The lowest BCUT2D eigenvalue weighted by Gasteiger charge is -2.29. The average molecular weight is 250 g/mol. The molecule has 0 N–H and O–H groups in total. The topological polar surface area (TPSA) is 57.7 Å². The molecular formula is C10H22N2O3S. The third-order valence-electron chi connectivity index (χ3n) is 2.89. The Labute approximate surface area is 98.5 Å². The van der Waals surface area contributed by atoms with Crippen molar-refractivity contribution in [3.8, 4) is 0 Å². The van der Waals surface area contributed by atoms with Crippen molar-refractivity contribution in [2.24, 2.45) is 5.92 Å². The second kappa shape index (κ2) is 5.63. The number of amides is 1. The SMILES string of the molecule is CC(C)[C@H](C)N(C)C(=O)CN(C)S(C)(=O)=O. The fourth-order valence-electron chi connectivity index (χ4n) is 1.09. The van der Waals surface area contributed by atoms with Crippen molar-refractivity contribution >= 4 is 15.9 Å². The van der Waals surface area contributed by atoms with E-state index in [2.05, 4.69) is 0 Å². The number of carbonyl (C=O) groups excluding carboxylic acids is 1. The lowest BCUT2D eigenvalue weighted by atomic mass is 10.1. The van der Waals surface area contributed by atoms with Crippen LogP contribution in [0.1, 0.15) is 20.8 Å². The summed E-state index contributed by atoms with van der Waals surface area (Å²) in [7, 11) is -0.190. The van der Waals surface area contributed by atoms with Crippen molar-refractivity contribution in [3.63, 3.8) is 0 Å². The van der Waals surface area contributed by atoms with Gasteiger partial charge in [0.2, 0.25) is 15.9 Å². The lowest BCUT2D eigenvalue weighted by Crippen LogP contribution is -2.44. The van der Waals surface area contributed by atoms with Crippen molar-refractivity contribution in [2.75, 3.05) is 26.9 Å². The third-order valence-corrected chi connectivity index (χ3v) is 4.15. The number of hydrogen-bond donors (Lipinski definition) is 0. The minimum atomic E-state index is -3.29. The molecule has 0 bridgehead atoms. The van der Waals surface area contributed by atoms with E-state index in [1.54, 1.807) is 11.9 Å². The van der Waals surface area contributed by atoms with Crippen LogP contribution in [0.15, 0.2) is 0 Å². The van der Waals surface area contributed by atoms with Crippen LogP contribution in [0.4, 0.5) is 0 Å². The number of hydrogen-bond acceptors (Lipinski definition) is 3. The number of likely N-dealkylation sites (N-methyl/N-ethyl adjacent to an activating group) is 2. The van der Waals surface area contributed by atoms with Gasteiger partial charge in [0.25, 0.3) is 0 Å². The molecule has 0 aliphatic rings. The molecule has 0 fully saturated rings. The maximum atomic E-state index is 11.8. The maximum Gasteiger partial charge on any atom is 0.237 e. The first-order valence-electron chi connectivity index (χ1n) is 5.24. The quantitative estimate of drug-likeness (QED) is 0.709. The van der Waals surface area contributed by atoms with Crippen molar-refractivity contribution in [3.05, 3.63) is 0 Å². The Balaban J connectivity index is 4.49. The zero-order chi connectivity index (χ0) is 13.1. The zero-order valence-corrected chi connectivity index (χ0v) is 11.7. The first kappa shape index (κ1) is 15.4. The highest BCUT2D eigenvalue weighted by atomic mass is 32.2. The predicted molar refractivity (Wildman–Crippen MR) is 64.5 cm³/mol. The Kier molecular flexibility index (Phi) is 5.41. The monoisotopic (exact) mass is 250 g/mol. The van der Waals surface area contributed by atoms with Gasteiger partial charge in [-0.3, -0.25) is 4.79 Å². The molecule has 1 atom stereocenters. The van der Waals surface area contributed by atoms with E-state index in [-0.39, 0.29) is 18.5 Å². The second-order valence-electron chi connectivity index (χ2n) is 4.51. The number of carbonyl (C=O) groups is 1. The largest absolute Gasteiger partial charge is 0.342 e. The minimum Gasteiger partial charge on any atom is -0.342 e. The highest BCUT2D eigenvalue weighted by molar-refractivity contribution is 7.88. The molecule has 6 heteroatoms. The van der Waals surface area contributed by atoms with Crippen LogP contribution >= 0.6 is 0 Å². The smallest absolute Gasteiger partial charge is 0.237 e. The van der Waals surface area contributed by atoms with Gasteiger partial charge in [-0.1, -0.05) is 13.8 Å². The number of nitrogens with zero attached hydrogens (tertiary/aromatic N) is 2. The van der Waals surface area contributed by atoms with Gasteiger partial charge in [-0.25, -0.2) is 8.42 Å². The van der Waals surface area contributed by atoms with Crippen molar-refractivity contribution < 1.29 is 13.2 Å². The van der Waals surface area contributed by atoms with Crippen molar-refractivity contribution in [2.45, 2.75) is 26.8 Å². The van der Waals surface area contributed by atoms with Crippen LogP contribution in [0.3, 0.4) is 0 Å². The van der Waals surface area contributed by atoms with Gasteiger partial charge < -0.3 is 4.90 Å². The Morgan fingerprint density at radius 1 is 1.19 bits per heavy atom. The summed E-state index contributed by atoms with van der Waals surface area (Å²) < 4.78 is 23.4. The first-order valence-corrected chi connectivity index (χ1v) is 7.09. The third kappa shape index (κ3) is 4.49. The Morgan fingerprint density at radius 2 is 1.62 bits per heavy atom. The van der Waals surface area contributed by atoms with Crippen LogP contribution < -0.4 is 0 Å². The molecular weight excluding hydrogens is 228 g/mol. The fourth-order valence-corrected chi connectivity index (χ4v) is 1.44. The van der Waals surface area contributed by atoms with Crippen LogP contribution in [-0.4, -0.2) is 56.5 Å². The molecule has 1 amide bonds. The van der Waals surface area contributed by atoms with Gasteiger partial charge >= 0.3 is 0 Å². The van der Waals surface area contributed by atoms with Crippen LogP contribution in [-0.2, 0) is 14.8 Å². The van der Waals surface area contributed by atoms with E-state index in [4.69, 9.17) is 0 Å². The molecule has 96 valence electrons. The predicted octanol–water partition coefficient (Wildman–Crippen LogP) is 0.381. The summed E-state index contributed by atoms with van der Waals surface area (Å²) in [6, 6.07) is 0.0976. The lowest BCUT2D eigenvalue weighted by molar-refractivity contribution is -0.132. The van der Waals surface area contributed by atoms with E-state index >= 15 is 0 Å². The van der Waals surface area contributed by atoms with Crippen LogP contribution in [0.25, 0.3) is 0 Å². The normalized spacial score (nSPS) is 14.2. The molecule has 0 radical (unpaired) electrons. The summed E-state index contributed by atoms with van der Waals surface area (Å²) in [5, 5.41) is 0. The number of sulfonamides is 1. The second-order valence-corrected chi connectivity index (χ2v) is 6.60. The van der Waals surface area contributed by atoms with E-state index in [0.717, 1.165) is 10.6 Å². The van der Waals surface area contributed by atoms with Gasteiger partial charge in [-0.05, 0) is 12.8 Å². The van der Waals surface area contributed by atoms with E-state index in [0.29, 0.717) is 5.92 Å². The zero-order valence-electron chi connectivity index (χ0n) is 10.9. The van der Waals surface area contributed by atoms with Crippen molar-refractivity contribution in [1.29, 1.82) is 0 Å². The molecule has 5 nitrogen and oxygen atoms in total. The summed E-state index contributed by atoms with van der Waals surface area (Å²) in [5.74, 6) is 0.159. The molecule has 0 unspecified atom stereocenters. The molecule has 0 spiro atoms. The van der Waals surface area contributed by atoms with E-state index in [9.17, 15) is 13.2 Å². The van der Waals surface area contributed by atoms with Gasteiger partial charge in [-0.2, -0.15) is 4.31 Å². The summed E-state index contributed by atoms with van der Waals surface area (Å²) in [6.07, 6.45) is 1.09. The average Bonchev–Trinajstić information content (AvgIpc) is 2.13. The van der Waals surface area contributed by atoms with Gasteiger partial charge in [-0.15, -0.1) is 0 Å². The van der Waals surface area contributed by atoms with Crippen LogP contribution in [0.2, 0.25) is 0 Å². The van der Waals surface area contributed by atoms with Crippen LogP contribution in [0, 0.1) is 5.92 Å². The molecule has 0 aromatic heterocycles. The van der Waals surface area contributed by atoms with E-state index < -0.39 is 10.0 Å². The van der Waals surface area contributed by atoms with E-state index in [1.807, 2.05) is 20.8 Å². The molecule has 0 saturated carbocycles. The summed E-state index contributed by atoms with van der Waals surface area (Å²) in [4.78, 5) is 13.4. The first-order chi connectivity index (χ1) is 7.07. The Hall–Kier alpha value is -0.620. The molecule has 0 heterocycles. The molecule has 0 aromatic carbocycles. The summed E-state index contributed by atoms with van der Waals surface area (Å²) in [5.41, 5.74) is 0. The Morgan fingerprint density at radius 3 is 1.94 bits per heavy atom. The molecule has 0 aliphatic carbocycles. The molecule has 0 aromatic rings. The van der Waals surface area contributed by atoms with E-state index in [1.165, 1.54) is 7.05 Å². The number of rotatable bonds is 5. The fraction of sp³-hybridized carbons (Fsp3) is 0.900. The molecule has 0 aliphatic heterocycles. The standard InChI is InChI=1S/C10H22N2O3S/c1-8(2)9(3)12(5)10(13)7-11(4)16(6,14)15/h8-9H,7H2,1-6H3/t9-/m0/s1. The molecule has 0 rings (SSSR count). The summed E-state index contributed by atoms with van der Waals surface area (Å²) in [6.45, 7) is 5.89. The van der Waals surface area contributed by atoms with Gasteiger partial charge in [0, 0.05) is 20.1 Å². The molecule has 16 heavy (non-hydrogen) atoms. The summed E-state index contributed by atoms with van der Waals surface area (Å²) >= 11 is 0. The van der Waals surface area contributed by atoms with Crippen molar-refractivity contribution in [1.82, 2.24) is 9.21 Å². The Bertz CT molecular complexity index is 338. The van der Waals surface area contributed by atoms with Crippen LogP contribution in [0.5, 0.6) is 0 Å². The highest BCUT2D eigenvalue weighted by Gasteiger charge is 2.22.